The van der Waals surface area contributed by atoms with Gasteiger partial charge in [0.05, 0.1) is 0 Å². The molecule has 3 heterocycles. The predicted octanol–water partition coefficient (Wildman–Crippen LogP) is 3.29. The average Bonchev–Trinajstić information content (AvgIpc) is 3.23. The van der Waals surface area contributed by atoms with Gasteiger partial charge in [-0.25, -0.2) is 9.97 Å². The first-order valence-electron chi connectivity index (χ1n) is 8.61. The van der Waals surface area contributed by atoms with Crippen molar-refractivity contribution in [2.75, 3.05) is 13.1 Å². The van der Waals surface area contributed by atoms with E-state index in [-0.39, 0.29) is 11.8 Å². The van der Waals surface area contributed by atoms with Crippen molar-refractivity contribution in [2.45, 2.75) is 18.8 Å². The number of benzene rings is 1. The molecule has 1 aliphatic rings. The van der Waals surface area contributed by atoms with Crippen molar-refractivity contribution in [2.24, 2.45) is 0 Å². The molecule has 1 amide bonds. The maximum absolute atomic E-state index is 12.7. The Morgan fingerprint density at radius 1 is 1.08 bits per heavy atom. The quantitative estimate of drug-likeness (QED) is 0.739. The number of carbonyl (C=O) groups is 1. The number of hydrogen-bond donors (Lipinski definition) is 0. The third-order valence-electron chi connectivity index (χ3n) is 4.67. The second kappa shape index (κ2) is 6.89. The topological polar surface area (TPSA) is 51.0 Å². The van der Waals surface area contributed by atoms with E-state index in [9.17, 15) is 4.79 Å². The minimum absolute atomic E-state index is 0.107. The highest BCUT2D eigenvalue weighted by Crippen LogP contribution is 2.27. The Bertz CT molecular complexity index is 845. The molecule has 1 atom stereocenters. The molecular formula is C20H20N4O. The van der Waals surface area contributed by atoms with Gasteiger partial charge in [-0.15, -0.1) is 0 Å². The van der Waals surface area contributed by atoms with Gasteiger partial charge in [-0.3, -0.25) is 9.36 Å². The number of pyridine rings is 1. The molecular weight excluding hydrogens is 312 g/mol. The molecule has 1 fully saturated rings. The van der Waals surface area contributed by atoms with Gasteiger partial charge in [0.25, 0.3) is 5.91 Å². The van der Waals surface area contributed by atoms with E-state index in [4.69, 9.17) is 4.98 Å². The van der Waals surface area contributed by atoms with Crippen LogP contribution < -0.4 is 0 Å². The predicted molar refractivity (Wildman–Crippen MR) is 95.7 cm³/mol. The lowest BCUT2D eigenvalue weighted by molar-refractivity contribution is 0.0706. The lowest BCUT2D eigenvalue weighted by Crippen LogP contribution is -2.39. The van der Waals surface area contributed by atoms with Crippen LogP contribution in [-0.4, -0.2) is 38.4 Å². The van der Waals surface area contributed by atoms with Crippen LogP contribution in [0.4, 0.5) is 0 Å². The summed E-state index contributed by atoms with van der Waals surface area (Å²) in [5.41, 5.74) is 1.79. The van der Waals surface area contributed by atoms with Crippen LogP contribution in [0.5, 0.6) is 0 Å². The van der Waals surface area contributed by atoms with Crippen LogP contribution in [0, 0.1) is 0 Å². The molecule has 2 aromatic heterocycles. The van der Waals surface area contributed by atoms with E-state index in [1.807, 2.05) is 58.1 Å². The molecule has 0 radical (unpaired) electrons. The van der Waals surface area contributed by atoms with E-state index in [1.54, 1.807) is 12.5 Å². The summed E-state index contributed by atoms with van der Waals surface area (Å²) in [6.45, 7) is 1.53. The highest BCUT2D eigenvalue weighted by atomic mass is 16.2. The first kappa shape index (κ1) is 15.6. The highest BCUT2D eigenvalue weighted by molar-refractivity contribution is 5.94. The Balaban J connectivity index is 1.54. The molecule has 126 valence electrons. The smallest absolute Gasteiger partial charge is 0.253 e. The Hall–Kier alpha value is -2.95. The van der Waals surface area contributed by atoms with Crippen molar-refractivity contribution in [3.8, 4) is 5.82 Å². The Morgan fingerprint density at radius 2 is 1.96 bits per heavy atom. The van der Waals surface area contributed by atoms with Gasteiger partial charge in [-0.05, 0) is 37.1 Å². The Morgan fingerprint density at radius 3 is 2.76 bits per heavy atom. The maximum atomic E-state index is 12.7. The Labute approximate surface area is 147 Å². The number of piperidine rings is 1. The van der Waals surface area contributed by atoms with Crippen LogP contribution in [0.15, 0.2) is 67.3 Å². The lowest BCUT2D eigenvalue weighted by atomic mass is 9.93. The van der Waals surface area contributed by atoms with Crippen LogP contribution in [0.25, 0.3) is 5.82 Å². The van der Waals surface area contributed by atoms with Crippen molar-refractivity contribution < 1.29 is 4.79 Å². The van der Waals surface area contributed by atoms with E-state index in [0.717, 1.165) is 36.5 Å². The van der Waals surface area contributed by atoms with Crippen LogP contribution in [-0.2, 0) is 0 Å². The van der Waals surface area contributed by atoms with Gasteiger partial charge in [-0.1, -0.05) is 24.3 Å². The minimum Gasteiger partial charge on any atom is -0.338 e. The van der Waals surface area contributed by atoms with E-state index in [1.165, 1.54) is 0 Å². The molecule has 0 bridgehead atoms. The fraction of sp³-hybridized carbons (Fsp3) is 0.250. The molecule has 3 aromatic rings. The second-order valence-corrected chi connectivity index (χ2v) is 6.35. The molecule has 5 heteroatoms. The molecule has 0 aliphatic carbocycles. The van der Waals surface area contributed by atoms with E-state index < -0.39 is 0 Å². The zero-order valence-corrected chi connectivity index (χ0v) is 14.0. The summed E-state index contributed by atoms with van der Waals surface area (Å²) in [6.07, 6.45) is 7.44. The molecule has 0 saturated carbocycles. The molecule has 0 N–H and O–H groups in total. The number of aromatic nitrogens is 3. The molecule has 1 aromatic carbocycles. The van der Waals surface area contributed by atoms with Gasteiger partial charge in [0.1, 0.15) is 12.1 Å². The summed E-state index contributed by atoms with van der Waals surface area (Å²) in [7, 11) is 0. The normalized spacial score (nSPS) is 17.4. The lowest BCUT2D eigenvalue weighted by Gasteiger charge is -2.32. The van der Waals surface area contributed by atoms with Gasteiger partial charge in [0, 0.05) is 42.7 Å². The van der Waals surface area contributed by atoms with E-state index in [2.05, 4.69) is 11.1 Å². The molecule has 5 nitrogen and oxygen atoms in total. The Kier molecular flexibility index (Phi) is 4.29. The van der Waals surface area contributed by atoms with Gasteiger partial charge in [0.15, 0.2) is 0 Å². The number of nitrogens with zero attached hydrogens (tertiary/aromatic N) is 4. The maximum Gasteiger partial charge on any atom is 0.253 e. The molecule has 0 unspecified atom stereocenters. The van der Waals surface area contributed by atoms with Crippen LogP contribution in [0.3, 0.4) is 0 Å². The standard InChI is InChI=1S/C20H20N4O/c25-20(16-6-2-1-3-7-16)23-12-5-8-17(14-23)18-9-4-10-19(22-18)24-13-11-21-15-24/h1-4,6-7,9-11,13,15,17H,5,8,12,14H2/t17-/m0/s1. The largest absolute Gasteiger partial charge is 0.338 e. The van der Waals surface area contributed by atoms with Gasteiger partial charge < -0.3 is 4.90 Å². The monoisotopic (exact) mass is 332 g/mol. The van der Waals surface area contributed by atoms with Crippen LogP contribution in [0.1, 0.15) is 34.8 Å². The van der Waals surface area contributed by atoms with E-state index >= 15 is 0 Å². The fourth-order valence-electron chi connectivity index (χ4n) is 3.37. The SMILES string of the molecule is O=C(c1ccccc1)N1CCC[C@H](c2cccc(-n3ccnc3)n2)C1. The summed E-state index contributed by atoms with van der Waals surface area (Å²) in [6, 6.07) is 15.6. The van der Waals surface area contributed by atoms with Gasteiger partial charge in [0.2, 0.25) is 0 Å². The van der Waals surface area contributed by atoms with Crippen molar-refractivity contribution in [3.05, 3.63) is 78.5 Å². The molecule has 4 rings (SSSR count). The van der Waals surface area contributed by atoms with Crippen molar-refractivity contribution in [3.63, 3.8) is 0 Å². The highest BCUT2D eigenvalue weighted by Gasteiger charge is 2.26. The zero-order chi connectivity index (χ0) is 17.1. The summed E-state index contributed by atoms with van der Waals surface area (Å²) in [5, 5.41) is 0. The third kappa shape index (κ3) is 3.31. The molecule has 0 spiro atoms. The average molecular weight is 332 g/mol. The van der Waals surface area contributed by atoms with E-state index in [0.29, 0.717) is 6.54 Å². The fourth-order valence-corrected chi connectivity index (χ4v) is 3.37. The second-order valence-electron chi connectivity index (χ2n) is 6.35. The molecule has 25 heavy (non-hydrogen) atoms. The first-order valence-corrected chi connectivity index (χ1v) is 8.61. The summed E-state index contributed by atoms with van der Waals surface area (Å²) < 4.78 is 1.90. The number of carbonyl (C=O) groups excluding carboxylic acids is 1. The summed E-state index contributed by atoms with van der Waals surface area (Å²) in [4.78, 5) is 23.5. The van der Waals surface area contributed by atoms with Crippen molar-refractivity contribution in [1.82, 2.24) is 19.4 Å². The van der Waals surface area contributed by atoms with Gasteiger partial charge >= 0.3 is 0 Å². The number of hydrogen-bond acceptors (Lipinski definition) is 3. The third-order valence-corrected chi connectivity index (χ3v) is 4.67. The number of amides is 1. The number of rotatable bonds is 3. The molecule has 1 saturated heterocycles. The first-order chi connectivity index (χ1) is 12.3. The number of likely N-dealkylation sites (tertiary alicyclic amines) is 1. The van der Waals surface area contributed by atoms with Crippen LogP contribution in [0.2, 0.25) is 0 Å². The zero-order valence-electron chi connectivity index (χ0n) is 14.0. The molecule has 1 aliphatic heterocycles. The van der Waals surface area contributed by atoms with Crippen molar-refractivity contribution in [1.29, 1.82) is 0 Å². The van der Waals surface area contributed by atoms with Crippen molar-refractivity contribution >= 4 is 5.91 Å². The summed E-state index contributed by atoms with van der Waals surface area (Å²) in [5.74, 6) is 1.24. The van der Waals surface area contributed by atoms with Crippen LogP contribution >= 0.6 is 0 Å². The summed E-state index contributed by atoms with van der Waals surface area (Å²) >= 11 is 0. The van der Waals surface area contributed by atoms with Gasteiger partial charge in [-0.2, -0.15) is 0 Å². The number of imidazole rings is 1. The minimum atomic E-state index is 0.107.